The van der Waals surface area contributed by atoms with E-state index in [1.807, 2.05) is 30.3 Å². The molecular formula is C19H25N3O7S. The molecule has 0 fully saturated rings. The summed E-state index contributed by atoms with van der Waals surface area (Å²) in [5.74, 6) is -1.07. The van der Waals surface area contributed by atoms with Crippen LogP contribution in [0.15, 0.2) is 40.5 Å². The highest BCUT2D eigenvalue weighted by Gasteiger charge is 2.33. The first-order valence-electron chi connectivity index (χ1n) is 9.23. The van der Waals surface area contributed by atoms with Crippen LogP contribution in [0.5, 0.6) is 0 Å². The highest BCUT2D eigenvalue weighted by Crippen LogP contribution is 2.11. The van der Waals surface area contributed by atoms with E-state index >= 15 is 0 Å². The molecule has 0 saturated heterocycles. The molecule has 1 aromatic carbocycles. The molecule has 11 heteroatoms. The average Bonchev–Trinajstić information content (AvgIpc) is 2.66. The van der Waals surface area contributed by atoms with E-state index in [0.29, 0.717) is 0 Å². The zero-order valence-electron chi connectivity index (χ0n) is 17.2. The lowest BCUT2D eigenvalue weighted by molar-refractivity contribution is -0.134. The molecule has 1 aliphatic heterocycles. The van der Waals surface area contributed by atoms with Gasteiger partial charge in [-0.1, -0.05) is 30.3 Å². The molecule has 1 heterocycles. The lowest BCUT2D eigenvalue weighted by Crippen LogP contribution is -2.48. The molecule has 0 saturated carbocycles. The van der Waals surface area contributed by atoms with Crippen LogP contribution in [0.2, 0.25) is 0 Å². The minimum Gasteiger partial charge on any atom is -0.461 e. The van der Waals surface area contributed by atoms with Crippen molar-refractivity contribution in [3.05, 3.63) is 35.9 Å². The lowest BCUT2D eigenvalue weighted by atomic mass is 10.2. The molecule has 1 aromatic rings. The summed E-state index contributed by atoms with van der Waals surface area (Å²) in [7, 11) is 0. The monoisotopic (exact) mass is 439 g/mol. The Kier molecular flexibility index (Phi) is 8.48. The van der Waals surface area contributed by atoms with Gasteiger partial charge >= 0.3 is 12.1 Å². The quantitative estimate of drug-likeness (QED) is 0.615. The third-order valence-corrected chi connectivity index (χ3v) is 4.28. The number of nitrogens with one attached hydrogen (secondary N) is 1. The predicted molar refractivity (Wildman–Crippen MR) is 110 cm³/mol. The molecular weight excluding hydrogens is 414 g/mol. The molecule has 1 N–H and O–H groups in total. The van der Waals surface area contributed by atoms with Gasteiger partial charge in [0, 0.05) is 0 Å². The Balaban J connectivity index is 2.12. The fraction of sp³-hybridized carbons (Fsp3) is 0.474. The maximum Gasteiger partial charge on any atom is 0.408 e. The highest BCUT2D eigenvalue weighted by molar-refractivity contribution is 7.99. The first kappa shape index (κ1) is 23.5. The molecule has 164 valence electrons. The largest absolute Gasteiger partial charge is 0.461 e. The van der Waals surface area contributed by atoms with Crippen molar-refractivity contribution in [2.75, 3.05) is 13.2 Å². The Morgan fingerprint density at radius 3 is 2.50 bits per heavy atom. The topological polar surface area (TPSA) is 125 Å². The third kappa shape index (κ3) is 7.56. The van der Waals surface area contributed by atoms with E-state index in [9.17, 15) is 13.8 Å². The number of nitrogens with zero attached hydrogens (tertiary/aromatic N) is 2. The van der Waals surface area contributed by atoms with Crippen molar-refractivity contribution in [1.29, 1.82) is 0 Å². The van der Waals surface area contributed by atoms with Crippen LogP contribution >= 0.6 is 0 Å². The maximum absolute atomic E-state index is 12.2. The summed E-state index contributed by atoms with van der Waals surface area (Å²) in [5.41, 5.74) is 0.193. The number of ether oxygens (including phenoxy) is 3. The summed E-state index contributed by atoms with van der Waals surface area (Å²) in [5, 5.41) is 9.50. The third-order valence-electron chi connectivity index (χ3n) is 3.39. The lowest BCUT2D eigenvalue weighted by Gasteiger charge is -2.24. The summed E-state index contributed by atoms with van der Waals surface area (Å²) in [6.07, 6.45) is -0.743. The minimum atomic E-state index is -2.24. The fourth-order valence-electron chi connectivity index (χ4n) is 2.18. The van der Waals surface area contributed by atoms with Crippen molar-refractivity contribution in [3.63, 3.8) is 0 Å². The second-order valence-corrected chi connectivity index (χ2v) is 8.10. The van der Waals surface area contributed by atoms with Gasteiger partial charge in [-0.25, -0.2) is 13.8 Å². The van der Waals surface area contributed by atoms with Gasteiger partial charge in [-0.15, -0.1) is 10.2 Å². The summed E-state index contributed by atoms with van der Waals surface area (Å²) >= 11 is -2.24. The molecule has 0 radical (unpaired) electrons. The molecule has 1 unspecified atom stereocenters. The van der Waals surface area contributed by atoms with E-state index in [0.717, 1.165) is 5.56 Å². The molecule has 2 atom stereocenters. The van der Waals surface area contributed by atoms with Crippen molar-refractivity contribution in [1.82, 2.24) is 5.32 Å². The van der Waals surface area contributed by atoms with E-state index < -0.39 is 39.8 Å². The zero-order chi connectivity index (χ0) is 22.1. The number of carbonyl (C=O) groups is 2. The molecule has 0 spiro atoms. The zero-order valence-corrected chi connectivity index (χ0v) is 18.1. The van der Waals surface area contributed by atoms with Crippen molar-refractivity contribution in [3.8, 4) is 0 Å². The van der Waals surface area contributed by atoms with E-state index in [2.05, 4.69) is 15.5 Å². The van der Waals surface area contributed by atoms with Crippen LogP contribution in [0, 0.1) is 0 Å². The van der Waals surface area contributed by atoms with Crippen LogP contribution in [0.1, 0.15) is 33.3 Å². The van der Waals surface area contributed by atoms with Gasteiger partial charge in [0.25, 0.3) is 22.0 Å². The standard InChI is InChI=1S/C19H25N3O7S/c1-5-27-17(23)16-22-21-15(29-30(16)25)14(20-18(24)28-19(2,3)4)12-26-11-13-9-7-6-8-10-13/h6-10,14H,5,11-12H2,1-4H3,(H,20,24)/t14-,30?/m0/s1. The van der Waals surface area contributed by atoms with E-state index in [4.69, 9.17) is 18.4 Å². The van der Waals surface area contributed by atoms with Gasteiger partial charge in [-0.3, -0.25) is 0 Å². The van der Waals surface area contributed by atoms with Gasteiger partial charge < -0.3 is 23.7 Å². The molecule has 30 heavy (non-hydrogen) atoms. The minimum absolute atomic E-state index is 0.0611. The van der Waals surface area contributed by atoms with Crippen LogP contribution in [0.25, 0.3) is 0 Å². The number of amides is 1. The van der Waals surface area contributed by atoms with E-state index in [-0.39, 0.29) is 25.7 Å². The Bertz CT molecular complexity index is 834. The second-order valence-electron chi connectivity index (χ2n) is 7.08. The number of esters is 1. The van der Waals surface area contributed by atoms with Crippen LogP contribution < -0.4 is 5.32 Å². The van der Waals surface area contributed by atoms with E-state index in [1.165, 1.54) is 0 Å². The second kappa shape index (κ2) is 10.8. The van der Waals surface area contributed by atoms with Crippen LogP contribution in [0.4, 0.5) is 4.79 Å². The molecule has 1 amide bonds. The van der Waals surface area contributed by atoms with Crippen molar-refractivity contribution >= 4 is 34.1 Å². The highest BCUT2D eigenvalue weighted by atomic mass is 32.2. The first-order chi connectivity index (χ1) is 14.2. The van der Waals surface area contributed by atoms with Crippen LogP contribution in [0.3, 0.4) is 0 Å². The first-order valence-corrected chi connectivity index (χ1v) is 10.3. The predicted octanol–water partition coefficient (Wildman–Crippen LogP) is 2.07. The number of benzene rings is 1. The number of rotatable bonds is 8. The van der Waals surface area contributed by atoms with Gasteiger partial charge in [0.05, 0.1) is 19.8 Å². The van der Waals surface area contributed by atoms with Gasteiger partial charge in [0.15, 0.2) is 0 Å². The van der Waals surface area contributed by atoms with Gasteiger partial charge in [0.1, 0.15) is 11.6 Å². The average molecular weight is 439 g/mol. The van der Waals surface area contributed by atoms with Gasteiger partial charge in [0.2, 0.25) is 0 Å². The summed E-state index contributed by atoms with van der Waals surface area (Å²) in [6, 6.07) is 8.46. The van der Waals surface area contributed by atoms with Crippen molar-refractivity contribution in [2.24, 2.45) is 10.2 Å². The Morgan fingerprint density at radius 2 is 1.90 bits per heavy atom. The number of hydrogen-bond acceptors (Lipinski definition) is 9. The molecule has 10 nitrogen and oxygen atoms in total. The van der Waals surface area contributed by atoms with Crippen LogP contribution in [-0.4, -0.2) is 52.1 Å². The normalized spacial score (nSPS) is 17.1. The molecule has 2 rings (SSSR count). The fourth-order valence-corrected chi connectivity index (χ4v) is 2.87. The maximum atomic E-state index is 12.2. The summed E-state index contributed by atoms with van der Waals surface area (Å²) in [4.78, 5) is 23.9. The van der Waals surface area contributed by atoms with Crippen molar-refractivity contribution in [2.45, 2.75) is 45.9 Å². The van der Waals surface area contributed by atoms with E-state index in [1.54, 1.807) is 27.7 Å². The molecule has 0 aliphatic carbocycles. The van der Waals surface area contributed by atoms with Gasteiger partial charge in [-0.2, -0.15) is 0 Å². The SMILES string of the molecule is CCOC(=O)C1=NN=C([C@H](COCc2ccccc2)NC(=O)OC(C)(C)C)OS1=O. The summed E-state index contributed by atoms with van der Waals surface area (Å²) < 4.78 is 33.1. The Labute approximate surface area is 177 Å². The van der Waals surface area contributed by atoms with Crippen molar-refractivity contribution < 1.29 is 32.2 Å². The molecule has 0 bridgehead atoms. The summed E-state index contributed by atoms with van der Waals surface area (Å²) in [6.45, 7) is 7.04. The number of alkyl carbamates (subject to hydrolysis) is 1. The Morgan fingerprint density at radius 1 is 1.20 bits per heavy atom. The number of hydrogen-bond donors (Lipinski definition) is 1. The van der Waals surface area contributed by atoms with Crippen LogP contribution in [-0.2, 0) is 40.9 Å². The Hall–Kier alpha value is -2.79. The smallest absolute Gasteiger partial charge is 0.408 e. The number of carbonyl (C=O) groups excluding carboxylic acids is 2. The molecule has 0 aromatic heterocycles. The van der Waals surface area contributed by atoms with Gasteiger partial charge in [-0.05, 0) is 33.3 Å². The molecule has 1 aliphatic rings.